The summed E-state index contributed by atoms with van der Waals surface area (Å²) in [6.45, 7) is 3.99. The normalized spacial score (nSPS) is 22.2. The summed E-state index contributed by atoms with van der Waals surface area (Å²) in [4.78, 5) is 10.4. The molecular formula is C11H17N5O2S. The number of aromatic nitrogens is 2. The summed E-state index contributed by atoms with van der Waals surface area (Å²) in [5, 5.41) is 7.43. The van der Waals surface area contributed by atoms with Crippen molar-refractivity contribution in [3.05, 3.63) is 17.5 Å². The highest BCUT2D eigenvalue weighted by atomic mass is 32.2. The van der Waals surface area contributed by atoms with E-state index in [2.05, 4.69) is 9.97 Å². The van der Waals surface area contributed by atoms with E-state index in [1.165, 1.54) is 0 Å². The van der Waals surface area contributed by atoms with Crippen LogP contribution in [0.25, 0.3) is 0 Å². The average Bonchev–Trinajstić information content (AvgIpc) is 2.26. The molecule has 0 aromatic carbocycles. The Kier molecular flexibility index (Phi) is 3.44. The van der Waals surface area contributed by atoms with Gasteiger partial charge in [-0.15, -0.1) is 0 Å². The van der Waals surface area contributed by atoms with Gasteiger partial charge >= 0.3 is 0 Å². The van der Waals surface area contributed by atoms with E-state index in [4.69, 9.17) is 11.1 Å². The Morgan fingerprint density at radius 1 is 1.53 bits per heavy atom. The molecule has 8 heteroatoms. The van der Waals surface area contributed by atoms with Crippen LogP contribution >= 0.6 is 0 Å². The molecule has 104 valence electrons. The standard InChI is InChI=1S/C11H17N5O2S/c1-7-5-9(10(12)13)15-11(14-7)16-3-4-19(17,18)6-8(16)2/h5,8H,3-4,6H2,1-2H3,(H3,12,13). The SMILES string of the molecule is Cc1cc(C(=N)N)nc(N2CCS(=O)(=O)CC2C)n1. The highest BCUT2D eigenvalue weighted by molar-refractivity contribution is 7.91. The second-order valence-electron chi connectivity index (χ2n) is 4.77. The van der Waals surface area contributed by atoms with Gasteiger partial charge in [0, 0.05) is 18.3 Å². The smallest absolute Gasteiger partial charge is 0.226 e. The molecule has 0 spiro atoms. The van der Waals surface area contributed by atoms with Gasteiger partial charge in [0.2, 0.25) is 5.95 Å². The van der Waals surface area contributed by atoms with Gasteiger partial charge in [-0.25, -0.2) is 18.4 Å². The van der Waals surface area contributed by atoms with Crippen LogP contribution in [-0.4, -0.2) is 48.3 Å². The maximum absolute atomic E-state index is 11.6. The Hall–Kier alpha value is -1.70. The number of amidine groups is 1. The third-order valence-corrected chi connectivity index (χ3v) is 4.84. The Morgan fingerprint density at radius 2 is 2.21 bits per heavy atom. The van der Waals surface area contributed by atoms with Crippen LogP contribution in [0.3, 0.4) is 0 Å². The lowest BCUT2D eigenvalue weighted by Crippen LogP contribution is -2.48. The van der Waals surface area contributed by atoms with E-state index in [9.17, 15) is 8.42 Å². The fourth-order valence-corrected chi connectivity index (χ4v) is 3.67. The van der Waals surface area contributed by atoms with Crippen LogP contribution in [0.2, 0.25) is 0 Å². The minimum Gasteiger partial charge on any atom is -0.382 e. The van der Waals surface area contributed by atoms with E-state index in [1.54, 1.807) is 13.0 Å². The van der Waals surface area contributed by atoms with Crippen LogP contribution in [0.1, 0.15) is 18.3 Å². The second kappa shape index (κ2) is 4.76. The number of anilines is 1. The Balaban J connectivity index is 2.34. The van der Waals surface area contributed by atoms with E-state index in [1.807, 2.05) is 11.8 Å². The maximum Gasteiger partial charge on any atom is 0.226 e. The van der Waals surface area contributed by atoms with Gasteiger partial charge in [-0.05, 0) is 19.9 Å². The number of hydrogen-bond acceptors (Lipinski definition) is 6. The number of nitrogens with two attached hydrogens (primary N) is 1. The average molecular weight is 283 g/mol. The molecule has 1 aromatic heterocycles. The minimum absolute atomic E-state index is 0.0969. The Bertz CT molecular complexity index is 614. The molecule has 1 unspecified atom stereocenters. The van der Waals surface area contributed by atoms with Crippen molar-refractivity contribution in [2.45, 2.75) is 19.9 Å². The van der Waals surface area contributed by atoms with Crippen LogP contribution in [0.15, 0.2) is 6.07 Å². The molecule has 1 saturated heterocycles. The first-order valence-electron chi connectivity index (χ1n) is 5.95. The van der Waals surface area contributed by atoms with E-state index in [-0.39, 0.29) is 23.4 Å². The molecule has 1 fully saturated rings. The third kappa shape index (κ3) is 3.01. The number of aryl methyl sites for hydroxylation is 1. The molecule has 2 heterocycles. The van der Waals surface area contributed by atoms with E-state index >= 15 is 0 Å². The van der Waals surface area contributed by atoms with Crippen molar-refractivity contribution in [1.29, 1.82) is 5.41 Å². The number of nitrogens with zero attached hydrogens (tertiary/aromatic N) is 3. The molecule has 1 aliphatic heterocycles. The molecule has 0 radical (unpaired) electrons. The quantitative estimate of drug-likeness (QED) is 0.568. The van der Waals surface area contributed by atoms with E-state index < -0.39 is 9.84 Å². The number of hydrogen-bond donors (Lipinski definition) is 2. The minimum atomic E-state index is -2.97. The first-order chi connectivity index (χ1) is 8.78. The van der Waals surface area contributed by atoms with Gasteiger partial charge in [-0.2, -0.15) is 0 Å². The van der Waals surface area contributed by atoms with Crippen molar-refractivity contribution >= 4 is 21.6 Å². The Labute approximate surface area is 112 Å². The van der Waals surface area contributed by atoms with Crippen LogP contribution in [0.5, 0.6) is 0 Å². The fourth-order valence-electron chi connectivity index (χ4n) is 2.12. The molecule has 1 aromatic rings. The summed E-state index contributed by atoms with van der Waals surface area (Å²) >= 11 is 0. The predicted molar refractivity (Wildman–Crippen MR) is 73.2 cm³/mol. The van der Waals surface area contributed by atoms with Crippen molar-refractivity contribution in [2.24, 2.45) is 5.73 Å². The van der Waals surface area contributed by atoms with Crippen LogP contribution in [0.4, 0.5) is 5.95 Å². The van der Waals surface area contributed by atoms with Crippen molar-refractivity contribution in [3.8, 4) is 0 Å². The third-order valence-electron chi connectivity index (χ3n) is 3.05. The molecule has 1 aliphatic rings. The summed E-state index contributed by atoms with van der Waals surface area (Å²) in [5.41, 5.74) is 6.51. The molecule has 0 saturated carbocycles. The molecule has 3 N–H and O–H groups in total. The molecule has 19 heavy (non-hydrogen) atoms. The summed E-state index contributed by atoms with van der Waals surface area (Å²) in [6, 6.07) is 1.46. The number of sulfone groups is 1. The van der Waals surface area contributed by atoms with Gasteiger partial charge < -0.3 is 10.6 Å². The first-order valence-corrected chi connectivity index (χ1v) is 7.78. The number of rotatable bonds is 2. The largest absolute Gasteiger partial charge is 0.382 e. The summed E-state index contributed by atoms with van der Waals surface area (Å²) in [7, 11) is -2.97. The predicted octanol–water partition coefficient (Wildman–Crippen LogP) is -0.308. The summed E-state index contributed by atoms with van der Waals surface area (Å²) in [6.07, 6.45) is 0. The lowest BCUT2D eigenvalue weighted by atomic mass is 10.3. The zero-order valence-electron chi connectivity index (χ0n) is 10.9. The van der Waals surface area contributed by atoms with Crippen molar-refractivity contribution in [2.75, 3.05) is 23.0 Å². The molecular weight excluding hydrogens is 266 g/mol. The number of nitrogens with one attached hydrogen (secondary N) is 1. The molecule has 1 atom stereocenters. The fraction of sp³-hybridized carbons (Fsp3) is 0.545. The molecule has 0 amide bonds. The van der Waals surface area contributed by atoms with Gasteiger partial charge in [0.15, 0.2) is 9.84 Å². The van der Waals surface area contributed by atoms with Crippen molar-refractivity contribution in [1.82, 2.24) is 9.97 Å². The molecule has 0 bridgehead atoms. The van der Waals surface area contributed by atoms with Gasteiger partial charge in [0.25, 0.3) is 0 Å². The highest BCUT2D eigenvalue weighted by Crippen LogP contribution is 2.18. The Morgan fingerprint density at radius 3 is 2.79 bits per heavy atom. The van der Waals surface area contributed by atoms with Gasteiger partial charge in [0.05, 0.1) is 11.5 Å². The lowest BCUT2D eigenvalue weighted by molar-refractivity contribution is 0.564. The zero-order valence-corrected chi connectivity index (χ0v) is 11.7. The molecule has 0 aliphatic carbocycles. The summed E-state index contributed by atoms with van der Waals surface area (Å²) in [5.74, 6) is 0.514. The topological polar surface area (TPSA) is 113 Å². The molecule has 7 nitrogen and oxygen atoms in total. The molecule has 2 rings (SSSR count). The zero-order chi connectivity index (χ0) is 14.2. The van der Waals surface area contributed by atoms with Crippen molar-refractivity contribution < 1.29 is 8.42 Å². The maximum atomic E-state index is 11.6. The lowest BCUT2D eigenvalue weighted by Gasteiger charge is -2.33. The second-order valence-corrected chi connectivity index (χ2v) is 6.99. The van der Waals surface area contributed by atoms with Gasteiger partial charge in [0.1, 0.15) is 11.5 Å². The van der Waals surface area contributed by atoms with Crippen LogP contribution in [0, 0.1) is 12.3 Å². The van der Waals surface area contributed by atoms with Crippen molar-refractivity contribution in [3.63, 3.8) is 0 Å². The van der Waals surface area contributed by atoms with Crippen LogP contribution in [-0.2, 0) is 9.84 Å². The number of nitrogen functional groups attached to an aromatic ring is 1. The van der Waals surface area contributed by atoms with Gasteiger partial charge in [-0.1, -0.05) is 0 Å². The van der Waals surface area contributed by atoms with Crippen LogP contribution < -0.4 is 10.6 Å². The van der Waals surface area contributed by atoms with E-state index in [0.29, 0.717) is 23.9 Å². The highest BCUT2D eigenvalue weighted by Gasteiger charge is 2.30. The first kappa shape index (κ1) is 13.7. The van der Waals surface area contributed by atoms with Gasteiger partial charge in [-0.3, -0.25) is 5.41 Å². The van der Waals surface area contributed by atoms with E-state index in [0.717, 1.165) is 0 Å². The summed E-state index contributed by atoms with van der Waals surface area (Å²) < 4.78 is 23.1. The monoisotopic (exact) mass is 283 g/mol.